The zero-order valence-corrected chi connectivity index (χ0v) is 13.7. The average molecular weight is 266 g/mol. The lowest BCUT2D eigenvalue weighted by Crippen LogP contribution is -2.53. The normalized spacial score (nSPS) is 31.4. The smallest absolute Gasteiger partial charge is 0.0198 e. The summed E-state index contributed by atoms with van der Waals surface area (Å²) >= 11 is 0. The van der Waals surface area contributed by atoms with Crippen molar-refractivity contribution in [3.63, 3.8) is 0 Å². The van der Waals surface area contributed by atoms with Gasteiger partial charge in [0.25, 0.3) is 0 Å². The fraction of sp³-hybridized carbons (Fsp3) is 1.00. The predicted molar refractivity (Wildman–Crippen MR) is 83.4 cm³/mol. The third kappa shape index (κ3) is 4.75. The minimum absolute atomic E-state index is 0.395. The number of hydrogen-bond acceptors (Lipinski definition) is 2. The summed E-state index contributed by atoms with van der Waals surface area (Å²) in [6.07, 6.45) is 5.64. The summed E-state index contributed by atoms with van der Waals surface area (Å²) in [6, 6.07) is 1.57. The lowest BCUT2D eigenvalue weighted by Gasteiger charge is -2.42. The molecule has 0 aromatic rings. The Morgan fingerprint density at radius 1 is 1.21 bits per heavy atom. The molecule has 0 radical (unpaired) electrons. The van der Waals surface area contributed by atoms with Crippen LogP contribution < -0.4 is 5.32 Å². The largest absolute Gasteiger partial charge is 0.312 e. The van der Waals surface area contributed by atoms with Crippen LogP contribution in [0.5, 0.6) is 0 Å². The van der Waals surface area contributed by atoms with E-state index in [1.807, 2.05) is 0 Å². The maximum absolute atomic E-state index is 3.82. The second-order valence-corrected chi connectivity index (χ2v) is 8.25. The maximum Gasteiger partial charge on any atom is 0.0198 e. The van der Waals surface area contributed by atoms with Gasteiger partial charge in [0.1, 0.15) is 0 Å². The fourth-order valence-corrected chi connectivity index (χ4v) is 3.63. The first-order valence-electron chi connectivity index (χ1n) is 8.36. The molecule has 19 heavy (non-hydrogen) atoms. The number of nitrogens with zero attached hydrogens (tertiary/aromatic N) is 1. The molecule has 0 amide bonds. The molecule has 0 bridgehead atoms. The van der Waals surface area contributed by atoms with Gasteiger partial charge in [0, 0.05) is 31.7 Å². The van der Waals surface area contributed by atoms with Crippen LogP contribution >= 0.6 is 0 Å². The van der Waals surface area contributed by atoms with Gasteiger partial charge in [-0.15, -0.1) is 0 Å². The molecule has 112 valence electrons. The number of likely N-dealkylation sites (tertiary alicyclic amines) is 1. The van der Waals surface area contributed by atoms with Gasteiger partial charge in [-0.05, 0) is 42.9 Å². The van der Waals surface area contributed by atoms with Crippen LogP contribution in [0.15, 0.2) is 0 Å². The molecular weight excluding hydrogens is 232 g/mol. The van der Waals surface area contributed by atoms with Crippen molar-refractivity contribution in [2.45, 2.75) is 72.4 Å². The summed E-state index contributed by atoms with van der Waals surface area (Å²) in [5.74, 6) is 1.86. The summed E-state index contributed by atoms with van der Waals surface area (Å²) in [5.41, 5.74) is 0.395. The Hall–Kier alpha value is -0.0800. The third-order valence-corrected chi connectivity index (χ3v) is 4.66. The van der Waals surface area contributed by atoms with Crippen molar-refractivity contribution in [3.8, 4) is 0 Å². The average Bonchev–Trinajstić information content (AvgIpc) is 3.10. The van der Waals surface area contributed by atoms with Crippen LogP contribution in [-0.2, 0) is 0 Å². The van der Waals surface area contributed by atoms with Crippen molar-refractivity contribution >= 4 is 0 Å². The highest BCUT2D eigenvalue weighted by Crippen LogP contribution is 2.38. The first-order chi connectivity index (χ1) is 8.89. The zero-order chi connectivity index (χ0) is 14.0. The SMILES string of the molecule is CCC(C1CC1)N1CC(C)CC(NCC(C)(C)C)C1. The Labute approximate surface area is 120 Å². The Bertz CT molecular complexity index is 277. The van der Waals surface area contributed by atoms with Gasteiger partial charge in [-0.1, -0.05) is 34.6 Å². The van der Waals surface area contributed by atoms with Crippen molar-refractivity contribution < 1.29 is 0 Å². The van der Waals surface area contributed by atoms with Gasteiger partial charge < -0.3 is 5.32 Å². The lowest BCUT2D eigenvalue weighted by molar-refractivity contribution is 0.0867. The van der Waals surface area contributed by atoms with Crippen molar-refractivity contribution in [1.82, 2.24) is 10.2 Å². The van der Waals surface area contributed by atoms with Gasteiger partial charge in [0.05, 0.1) is 0 Å². The second-order valence-electron chi connectivity index (χ2n) is 8.25. The van der Waals surface area contributed by atoms with Crippen LogP contribution in [0.4, 0.5) is 0 Å². The molecular formula is C17H34N2. The molecule has 0 spiro atoms. The standard InChI is InChI=1S/C17H34N2/c1-6-16(14-7-8-14)19-10-13(2)9-15(11-19)18-12-17(3,4)5/h13-16,18H,6-12H2,1-5H3. The quantitative estimate of drug-likeness (QED) is 0.819. The highest BCUT2D eigenvalue weighted by Gasteiger charge is 2.37. The van der Waals surface area contributed by atoms with Crippen molar-refractivity contribution in [2.24, 2.45) is 17.3 Å². The minimum atomic E-state index is 0.395. The van der Waals surface area contributed by atoms with Crippen LogP contribution in [0.2, 0.25) is 0 Å². The van der Waals surface area contributed by atoms with Crippen LogP contribution in [0.1, 0.15) is 60.3 Å². The Balaban J connectivity index is 1.87. The molecule has 3 unspecified atom stereocenters. The first kappa shape index (κ1) is 15.3. The summed E-state index contributed by atoms with van der Waals surface area (Å²) in [4.78, 5) is 2.80. The van der Waals surface area contributed by atoms with E-state index in [9.17, 15) is 0 Å². The molecule has 1 aliphatic carbocycles. The summed E-state index contributed by atoms with van der Waals surface area (Å²) in [7, 11) is 0. The van der Waals surface area contributed by atoms with Crippen LogP contribution in [0, 0.1) is 17.3 Å². The van der Waals surface area contributed by atoms with E-state index in [2.05, 4.69) is 44.8 Å². The van der Waals surface area contributed by atoms with Gasteiger partial charge in [0.2, 0.25) is 0 Å². The molecule has 2 rings (SSSR count). The lowest BCUT2D eigenvalue weighted by atomic mass is 9.91. The fourth-order valence-electron chi connectivity index (χ4n) is 3.63. The molecule has 2 aliphatic rings. The zero-order valence-electron chi connectivity index (χ0n) is 13.7. The molecule has 2 fully saturated rings. The van der Waals surface area contributed by atoms with E-state index in [4.69, 9.17) is 0 Å². The van der Waals surface area contributed by atoms with Gasteiger partial charge in [-0.3, -0.25) is 4.90 Å². The monoisotopic (exact) mass is 266 g/mol. The van der Waals surface area contributed by atoms with Gasteiger partial charge >= 0.3 is 0 Å². The molecule has 2 heteroatoms. The molecule has 1 saturated carbocycles. The maximum atomic E-state index is 3.82. The van der Waals surface area contributed by atoms with E-state index in [0.717, 1.165) is 24.4 Å². The summed E-state index contributed by atoms with van der Waals surface area (Å²) < 4.78 is 0. The molecule has 3 atom stereocenters. The van der Waals surface area contributed by atoms with Crippen LogP contribution in [-0.4, -0.2) is 36.6 Å². The van der Waals surface area contributed by atoms with Crippen LogP contribution in [0.3, 0.4) is 0 Å². The molecule has 1 heterocycles. The van der Waals surface area contributed by atoms with E-state index in [1.165, 1.54) is 38.8 Å². The highest BCUT2D eigenvalue weighted by molar-refractivity contribution is 4.92. The minimum Gasteiger partial charge on any atom is -0.312 e. The first-order valence-corrected chi connectivity index (χ1v) is 8.36. The van der Waals surface area contributed by atoms with E-state index in [0.29, 0.717) is 11.5 Å². The van der Waals surface area contributed by atoms with Crippen molar-refractivity contribution in [1.29, 1.82) is 0 Å². The highest BCUT2D eigenvalue weighted by atomic mass is 15.2. The molecule has 2 nitrogen and oxygen atoms in total. The molecule has 1 N–H and O–H groups in total. The predicted octanol–water partition coefficient (Wildman–Crippen LogP) is 3.52. The molecule has 0 aromatic heterocycles. The topological polar surface area (TPSA) is 15.3 Å². The Kier molecular flexibility index (Phi) is 4.94. The summed E-state index contributed by atoms with van der Waals surface area (Å²) in [5, 5.41) is 3.82. The number of piperidine rings is 1. The van der Waals surface area contributed by atoms with E-state index in [-0.39, 0.29) is 0 Å². The number of hydrogen-bond donors (Lipinski definition) is 1. The molecule has 1 aliphatic heterocycles. The second kappa shape index (κ2) is 6.13. The van der Waals surface area contributed by atoms with Gasteiger partial charge in [-0.2, -0.15) is 0 Å². The van der Waals surface area contributed by atoms with Crippen molar-refractivity contribution in [2.75, 3.05) is 19.6 Å². The van der Waals surface area contributed by atoms with Crippen molar-refractivity contribution in [3.05, 3.63) is 0 Å². The Morgan fingerprint density at radius 2 is 1.89 bits per heavy atom. The van der Waals surface area contributed by atoms with E-state index < -0.39 is 0 Å². The Morgan fingerprint density at radius 3 is 2.42 bits per heavy atom. The van der Waals surface area contributed by atoms with Crippen LogP contribution in [0.25, 0.3) is 0 Å². The molecule has 0 aromatic carbocycles. The van der Waals surface area contributed by atoms with Gasteiger partial charge in [-0.25, -0.2) is 0 Å². The molecule has 1 saturated heterocycles. The van der Waals surface area contributed by atoms with Gasteiger partial charge in [0.15, 0.2) is 0 Å². The number of rotatable bonds is 5. The number of nitrogens with one attached hydrogen (secondary N) is 1. The van der Waals surface area contributed by atoms with E-state index >= 15 is 0 Å². The third-order valence-electron chi connectivity index (χ3n) is 4.66. The van der Waals surface area contributed by atoms with E-state index in [1.54, 1.807) is 0 Å². The summed E-state index contributed by atoms with van der Waals surface area (Å²) in [6.45, 7) is 15.5.